The lowest BCUT2D eigenvalue weighted by Gasteiger charge is -2.37. The molecule has 0 bridgehead atoms. The Labute approximate surface area is 129 Å². The monoisotopic (exact) mass is 293 g/mol. The summed E-state index contributed by atoms with van der Waals surface area (Å²) in [6.45, 7) is 5.69. The molecule has 0 saturated heterocycles. The van der Waals surface area contributed by atoms with Crippen LogP contribution in [0.1, 0.15) is 64.0 Å². The van der Waals surface area contributed by atoms with Gasteiger partial charge >= 0.3 is 0 Å². The predicted octanol–water partition coefficient (Wildman–Crippen LogP) is 5.60. The standard InChI is InChI=1S/C18H28ClN/c1-3-13-20-18(15-9-11-16(19)12-10-15)17-8-6-5-7-14(17)4-2/h9-12,14,17-18,20H,3-8,13H2,1-2H3. The van der Waals surface area contributed by atoms with E-state index in [1.54, 1.807) is 0 Å². The summed E-state index contributed by atoms with van der Waals surface area (Å²) in [6.07, 6.45) is 8.06. The van der Waals surface area contributed by atoms with Gasteiger partial charge in [-0.15, -0.1) is 0 Å². The summed E-state index contributed by atoms with van der Waals surface area (Å²) < 4.78 is 0. The van der Waals surface area contributed by atoms with E-state index >= 15 is 0 Å². The van der Waals surface area contributed by atoms with Gasteiger partial charge in [0.25, 0.3) is 0 Å². The fraction of sp³-hybridized carbons (Fsp3) is 0.667. The summed E-state index contributed by atoms with van der Waals surface area (Å²) >= 11 is 6.04. The van der Waals surface area contributed by atoms with E-state index in [0.29, 0.717) is 6.04 Å². The van der Waals surface area contributed by atoms with Crippen LogP contribution in [0.2, 0.25) is 5.02 Å². The molecule has 1 fully saturated rings. The number of benzene rings is 1. The maximum absolute atomic E-state index is 6.04. The Morgan fingerprint density at radius 1 is 1.15 bits per heavy atom. The minimum Gasteiger partial charge on any atom is -0.310 e. The predicted molar refractivity (Wildman–Crippen MR) is 88.2 cm³/mol. The first-order chi connectivity index (χ1) is 9.76. The van der Waals surface area contributed by atoms with Gasteiger partial charge in [0.05, 0.1) is 0 Å². The lowest BCUT2D eigenvalue weighted by atomic mass is 9.72. The van der Waals surface area contributed by atoms with Crippen LogP contribution in [-0.2, 0) is 0 Å². The molecule has 1 saturated carbocycles. The Kier molecular flexibility index (Phi) is 6.38. The van der Waals surface area contributed by atoms with Crippen LogP contribution in [0, 0.1) is 11.8 Å². The van der Waals surface area contributed by atoms with Gasteiger partial charge in [-0.3, -0.25) is 0 Å². The van der Waals surface area contributed by atoms with Crippen LogP contribution in [0.5, 0.6) is 0 Å². The van der Waals surface area contributed by atoms with E-state index in [2.05, 4.69) is 31.3 Å². The zero-order chi connectivity index (χ0) is 14.4. The average molecular weight is 294 g/mol. The number of nitrogens with one attached hydrogen (secondary N) is 1. The van der Waals surface area contributed by atoms with Crippen molar-refractivity contribution >= 4 is 11.6 Å². The van der Waals surface area contributed by atoms with Crippen molar-refractivity contribution in [1.82, 2.24) is 5.32 Å². The van der Waals surface area contributed by atoms with Gasteiger partial charge in [-0.1, -0.05) is 63.3 Å². The summed E-state index contributed by atoms with van der Waals surface area (Å²) in [6, 6.07) is 8.97. The number of rotatable bonds is 6. The third-order valence-corrected chi connectivity index (χ3v) is 5.02. The molecule has 1 N–H and O–H groups in total. The zero-order valence-electron chi connectivity index (χ0n) is 12.9. The Morgan fingerprint density at radius 2 is 1.85 bits per heavy atom. The molecule has 3 unspecified atom stereocenters. The highest BCUT2D eigenvalue weighted by molar-refractivity contribution is 6.30. The van der Waals surface area contributed by atoms with Crippen molar-refractivity contribution in [2.24, 2.45) is 11.8 Å². The Bertz CT molecular complexity index is 387. The van der Waals surface area contributed by atoms with Crippen molar-refractivity contribution in [3.8, 4) is 0 Å². The van der Waals surface area contributed by atoms with Crippen molar-refractivity contribution in [1.29, 1.82) is 0 Å². The third-order valence-electron chi connectivity index (χ3n) is 4.76. The summed E-state index contributed by atoms with van der Waals surface area (Å²) in [5.74, 6) is 1.65. The first-order valence-corrected chi connectivity index (χ1v) is 8.62. The lowest BCUT2D eigenvalue weighted by molar-refractivity contribution is 0.175. The highest BCUT2D eigenvalue weighted by atomic mass is 35.5. The molecule has 1 aromatic rings. The van der Waals surface area contributed by atoms with E-state index < -0.39 is 0 Å². The molecule has 0 aliphatic heterocycles. The molecule has 112 valence electrons. The molecular formula is C18H28ClN. The van der Waals surface area contributed by atoms with Crippen LogP contribution in [0.4, 0.5) is 0 Å². The van der Waals surface area contributed by atoms with Crippen molar-refractivity contribution < 1.29 is 0 Å². The summed E-state index contributed by atoms with van der Waals surface area (Å²) in [5.41, 5.74) is 1.41. The zero-order valence-corrected chi connectivity index (χ0v) is 13.6. The van der Waals surface area contributed by atoms with Crippen LogP contribution < -0.4 is 5.32 Å². The van der Waals surface area contributed by atoms with Crippen LogP contribution in [0.15, 0.2) is 24.3 Å². The number of hydrogen-bond donors (Lipinski definition) is 1. The molecule has 0 spiro atoms. The van der Waals surface area contributed by atoms with Crippen molar-refractivity contribution in [3.63, 3.8) is 0 Å². The molecule has 0 aromatic heterocycles. The fourth-order valence-electron chi connectivity index (χ4n) is 3.67. The summed E-state index contributed by atoms with van der Waals surface area (Å²) in [5, 5.41) is 4.63. The van der Waals surface area contributed by atoms with Gasteiger partial charge in [0.2, 0.25) is 0 Å². The first-order valence-electron chi connectivity index (χ1n) is 8.25. The summed E-state index contributed by atoms with van der Waals surface area (Å²) in [7, 11) is 0. The number of halogens is 1. The molecule has 0 radical (unpaired) electrons. The van der Waals surface area contributed by atoms with Crippen molar-refractivity contribution in [3.05, 3.63) is 34.9 Å². The largest absolute Gasteiger partial charge is 0.310 e. The lowest BCUT2D eigenvalue weighted by Crippen LogP contribution is -2.34. The van der Waals surface area contributed by atoms with Crippen molar-refractivity contribution in [2.45, 2.75) is 58.4 Å². The molecule has 2 rings (SSSR count). The molecule has 20 heavy (non-hydrogen) atoms. The van der Waals surface area contributed by atoms with Crippen LogP contribution in [-0.4, -0.2) is 6.54 Å². The van der Waals surface area contributed by atoms with Gasteiger partial charge in [0, 0.05) is 11.1 Å². The van der Waals surface area contributed by atoms with Gasteiger partial charge in [0.1, 0.15) is 0 Å². The second kappa shape index (κ2) is 8.05. The van der Waals surface area contributed by atoms with E-state index in [-0.39, 0.29) is 0 Å². The second-order valence-corrected chi connectivity index (χ2v) is 6.54. The highest BCUT2D eigenvalue weighted by Crippen LogP contribution is 2.40. The Hall–Kier alpha value is -0.530. The fourth-order valence-corrected chi connectivity index (χ4v) is 3.79. The van der Waals surface area contributed by atoms with Crippen molar-refractivity contribution in [2.75, 3.05) is 6.54 Å². The maximum atomic E-state index is 6.04. The molecule has 1 nitrogen and oxygen atoms in total. The van der Waals surface area contributed by atoms with Crippen LogP contribution in [0.25, 0.3) is 0 Å². The molecule has 0 amide bonds. The number of hydrogen-bond acceptors (Lipinski definition) is 1. The van der Waals surface area contributed by atoms with E-state index in [9.17, 15) is 0 Å². The van der Waals surface area contributed by atoms with E-state index in [1.807, 2.05) is 12.1 Å². The maximum Gasteiger partial charge on any atom is 0.0406 e. The Morgan fingerprint density at radius 3 is 2.50 bits per heavy atom. The molecule has 2 heteroatoms. The second-order valence-electron chi connectivity index (χ2n) is 6.10. The van der Waals surface area contributed by atoms with Crippen LogP contribution in [0.3, 0.4) is 0 Å². The van der Waals surface area contributed by atoms with Gasteiger partial charge in [-0.05, 0) is 48.9 Å². The Balaban J connectivity index is 2.18. The van der Waals surface area contributed by atoms with Gasteiger partial charge in [-0.2, -0.15) is 0 Å². The van der Waals surface area contributed by atoms with E-state index in [1.165, 1.54) is 44.1 Å². The van der Waals surface area contributed by atoms with Crippen LogP contribution >= 0.6 is 11.6 Å². The van der Waals surface area contributed by atoms with Gasteiger partial charge < -0.3 is 5.32 Å². The highest BCUT2D eigenvalue weighted by Gasteiger charge is 2.31. The SMILES string of the molecule is CCCNC(c1ccc(Cl)cc1)C1CCCCC1CC. The summed E-state index contributed by atoms with van der Waals surface area (Å²) in [4.78, 5) is 0. The molecule has 3 atom stereocenters. The van der Waals surface area contributed by atoms with E-state index in [4.69, 9.17) is 11.6 Å². The topological polar surface area (TPSA) is 12.0 Å². The molecule has 1 aliphatic rings. The molecule has 1 aliphatic carbocycles. The molecular weight excluding hydrogens is 266 g/mol. The average Bonchev–Trinajstić information content (AvgIpc) is 2.50. The van der Waals surface area contributed by atoms with Gasteiger partial charge in [-0.25, -0.2) is 0 Å². The minimum absolute atomic E-state index is 0.498. The normalized spacial score (nSPS) is 24.6. The quantitative estimate of drug-likeness (QED) is 0.720. The molecule has 0 heterocycles. The van der Waals surface area contributed by atoms with E-state index in [0.717, 1.165) is 23.4 Å². The van der Waals surface area contributed by atoms with Gasteiger partial charge in [0.15, 0.2) is 0 Å². The third kappa shape index (κ3) is 3.99. The molecule has 1 aromatic carbocycles. The minimum atomic E-state index is 0.498. The first kappa shape index (κ1) is 15.9. The smallest absolute Gasteiger partial charge is 0.0406 e.